The first-order valence-corrected chi connectivity index (χ1v) is 4.70. The summed E-state index contributed by atoms with van der Waals surface area (Å²) in [5.74, 6) is 0. The van der Waals surface area contributed by atoms with Crippen LogP contribution in [0.15, 0.2) is 39.6 Å². The van der Waals surface area contributed by atoms with Gasteiger partial charge in [-0.05, 0) is 18.2 Å². The number of furan rings is 2. The minimum atomic E-state index is 0.348. The van der Waals surface area contributed by atoms with Crippen LogP contribution in [0, 0.1) is 0 Å². The lowest BCUT2D eigenvalue weighted by Gasteiger charge is -1.99. The van der Waals surface area contributed by atoms with Gasteiger partial charge in [-0.3, -0.25) is 0 Å². The second-order valence-electron chi connectivity index (χ2n) is 3.40. The molecule has 3 heteroatoms. The monoisotopic (exact) mass is 200 g/mol. The van der Waals surface area contributed by atoms with Gasteiger partial charge < -0.3 is 13.6 Å². The molecule has 3 rings (SSSR count). The van der Waals surface area contributed by atoms with Gasteiger partial charge in [-0.25, -0.2) is 0 Å². The van der Waals surface area contributed by atoms with Crippen LogP contribution in [0.2, 0.25) is 0 Å². The first-order valence-electron chi connectivity index (χ1n) is 4.70. The highest BCUT2D eigenvalue weighted by atomic mass is 16.3. The molecule has 0 saturated carbocycles. The summed E-state index contributed by atoms with van der Waals surface area (Å²) in [7, 11) is 0. The molecule has 3 aromatic rings. The third-order valence-electron chi connectivity index (χ3n) is 2.56. The van der Waals surface area contributed by atoms with Gasteiger partial charge in [0.1, 0.15) is 17.5 Å². The Kier molecular flexibility index (Phi) is 1.65. The Labute approximate surface area is 85.3 Å². The summed E-state index contributed by atoms with van der Waals surface area (Å²) < 4.78 is 10.7. The molecule has 1 aromatic carbocycles. The molecule has 0 aliphatic heterocycles. The minimum absolute atomic E-state index is 0.348. The highest BCUT2D eigenvalue weighted by molar-refractivity contribution is 5.98. The van der Waals surface area contributed by atoms with E-state index in [1.807, 2.05) is 18.2 Å². The number of carbonyl (C=O) groups is 1. The summed E-state index contributed by atoms with van der Waals surface area (Å²) in [5.41, 5.74) is 2.47. The van der Waals surface area contributed by atoms with Gasteiger partial charge in [0.05, 0.1) is 12.5 Å². The van der Waals surface area contributed by atoms with Gasteiger partial charge >= 0.3 is 0 Å². The fourth-order valence-corrected chi connectivity index (χ4v) is 1.91. The summed E-state index contributed by atoms with van der Waals surface area (Å²) >= 11 is 0. The topological polar surface area (TPSA) is 43.4 Å². The summed E-state index contributed by atoms with van der Waals surface area (Å²) in [6.45, 7) is 0. The molecule has 2 heterocycles. The van der Waals surface area contributed by atoms with E-state index in [0.29, 0.717) is 6.42 Å². The van der Waals surface area contributed by atoms with E-state index in [4.69, 9.17) is 8.83 Å². The van der Waals surface area contributed by atoms with Crippen molar-refractivity contribution in [1.29, 1.82) is 0 Å². The molecule has 0 aliphatic carbocycles. The number of fused-ring (bicyclic) bond motifs is 2. The molecule has 0 radical (unpaired) electrons. The van der Waals surface area contributed by atoms with E-state index in [0.717, 1.165) is 33.8 Å². The number of aldehydes is 1. The van der Waals surface area contributed by atoms with Crippen molar-refractivity contribution in [2.24, 2.45) is 0 Å². The molecule has 0 N–H and O–H groups in total. The lowest BCUT2D eigenvalue weighted by Crippen LogP contribution is -1.87. The molecule has 2 aromatic heterocycles. The van der Waals surface area contributed by atoms with E-state index in [1.54, 1.807) is 12.5 Å². The Balaban J connectivity index is 2.50. The second-order valence-corrected chi connectivity index (χ2v) is 3.40. The van der Waals surface area contributed by atoms with E-state index < -0.39 is 0 Å². The summed E-state index contributed by atoms with van der Waals surface area (Å²) in [6, 6.07) is 5.64. The fourth-order valence-electron chi connectivity index (χ4n) is 1.91. The van der Waals surface area contributed by atoms with Crippen molar-refractivity contribution in [2.75, 3.05) is 0 Å². The normalized spacial score (nSPS) is 11.2. The molecule has 0 unspecified atom stereocenters. The molecule has 0 amide bonds. The SMILES string of the molecule is O=CCc1c2ccoc2cc2ccoc12. The number of hydrogen-bond acceptors (Lipinski definition) is 3. The summed E-state index contributed by atoms with van der Waals surface area (Å²) in [4.78, 5) is 10.6. The van der Waals surface area contributed by atoms with Crippen molar-refractivity contribution in [3.05, 3.63) is 36.3 Å². The molecule has 0 atom stereocenters. The zero-order valence-corrected chi connectivity index (χ0v) is 7.90. The van der Waals surface area contributed by atoms with Crippen LogP contribution in [0.4, 0.5) is 0 Å². The van der Waals surface area contributed by atoms with Crippen LogP contribution >= 0.6 is 0 Å². The van der Waals surface area contributed by atoms with Crippen molar-refractivity contribution in [3.63, 3.8) is 0 Å². The first kappa shape index (κ1) is 8.29. The standard InChI is InChI=1S/C12H8O3/c13-4-1-10-9-3-6-14-11(9)7-8-2-5-15-12(8)10/h2-7H,1H2. The minimum Gasteiger partial charge on any atom is -0.464 e. The quantitative estimate of drug-likeness (QED) is 0.597. The zero-order valence-electron chi connectivity index (χ0n) is 7.90. The fraction of sp³-hybridized carbons (Fsp3) is 0.0833. The molecule has 15 heavy (non-hydrogen) atoms. The molecule has 0 aliphatic rings. The Bertz CT molecular complexity index is 582. The van der Waals surface area contributed by atoms with Crippen LogP contribution in [0.1, 0.15) is 5.56 Å². The Morgan fingerprint density at radius 1 is 1.20 bits per heavy atom. The predicted octanol–water partition coefficient (Wildman–Crippen LogP) is 2.92. The van der Waals surface area contributed by atoms with Gasteiger partial charge in [0.15, 0.2) is 0 Å². The Morgan fingerprint density at radius 3 is 2.93 bits per heavy atom. The molecule has 74 valence electrons. The third kappa shape index (κ3) is 1.09. The highest BCUT2D eigenvalue weighted by Crippen LogP contribution is 2.29. The van der Waals surface area contributed by atoms with Crippen molar-refractivity contribution < 1.29 is 13.6 Å². The van der Waals surface area contributed by atoms with Crippen molar-refractivity contribution in [3.8, 4) is 0 Å². The number of hydrogen-bond donors (Lipinski definition) is 0. The summed E-state index contributed by atoms with van der Waals surface area (Å²) in [5, 5.41) is 1.92. The lowest BCUT2D eigenvalue weighted by molar-refractivity contribution is -0.107. The molecule has 0 saturated heterocycles. The summed E-state index contributed by atoms with van der Waals surface area (Å²) in [6.07, 6.45) is 4.47. The smallest absolute Gasteiger partial charge is 0.138 e. The van der Waals surface area contributed by atoms with Crippen LogP contribution in [0.3, 0.4) is 0 Å². The molecule has 0 spiro atoms. The van der Waals surface area contributed by atoms with Gasteiger partial charge in [-0.15, -0.1) is 0 Å². The van der Waals surface area contributed by atoms with Crippen LogP contribution in [-0.2, 0) is 11.2 Å². The van der Waals surface area contributed by atoms with E-state index in [-0.39, 0.29) is 0 Å². The van der Waals surface area contributed by atoms with Gasteiger partial charge in [-0.1, -0.05) is 0 Å². The van der Waals surface area contributed by atoms with Gasteiger partial charge in [0.25, 0.3) is 0 Å². The molecular formula is C12H8O3. The zero-order chi connectivity index (χ0) is 10.3. The highest BCUT2D eigenvalue weighted by Gasteiger charge is 2.11. The van der Waals surface area contributed by atoms with E-state index in [9.17, 15) is 4.79 Å². The maximum absolute atomic E-state index is 10.6. The average Bonchev–Trinajstić information content (AvgIpc) is 2.84. The maximum Gasteiger partial charge on any atom is 0.138 e. The molecule has 3 nitrogen and oxygen atoms in total. The first-order chi connectivity index (χ1) is 7.40. The number of carbonyl (C=O) groups excluding carboxylic acids is 1. The van der Waals surface area contributed by atoms with Crippen molar-refractivity contribution >= 4 is 28.2 Å². The lowest BCUT2D eigenvalue weighted by atomic mass is 10.1. The van der Waals surface area contributed by atoms with Gasteiger partial charge in [-0.2, -0.15) is 0 Å². The van der Waals surface area contributed by atoms with E-state index in [2.05, 4.69) is 0 Å². The maximum atomic E-state index is 10.6. The van der Waals surface area contributed by atoms with Crippen molar-refractivity contribution in [1.82, 2.24) is 0 Å². The van der Waals surface area contributed by atoms with Gasteiger partial charge in [0, 0.05) is 22.8 Å². The molecular weight excluding hydrogens is 192 g/mol. The van der Waals surface area contributed by atoms with Crippen molar-refractivity contribution in [2.45, 2.75) is 6.42 Å². The molecule has 0 bridgehead atoms. The largest absolute Gasteiger partial charge is 0.464 e. The van der Waals surface area contributed by atoms with Crippen LogP contribution in [0.5, 0.6) is 0 Å². The van der Waals surface area contributed by atoms with Gasteiger partial charge in [0.2, 0.25) is 0 Å². The van der Waals surface area contributed by atoms with Crippen LogP contribution < -0.4 is 0 Å². The Morgan fingerprint density at radius 2 is 2.07 bits per heavy atom. The predicted molar refractivity (Wildman–Crippen MR) is 55.8 cm³/mol. The van der Waals surface area contributed by atoms with Crippen LogP contribution in [0.25, 0.3) is 21.9 Å². The van der Waals surface area contributed by atoms with E-state index >= 15 is 0 Å². The van der Waals surface area contributed by atoms with Crippen LogP contribution in [-0.4, -0.2) is 6.29 Å². The molecule has 0 fully saturated rings. The third-order valence-corrected chi connectivity index (χ3v) is 2.56. The number of benzene rings is 1. The average molecular weight is 200 g/mol. The Hall–Kier alpha value is -2.03. The number of rotatable bonds is 2. The van der Waals surface area contributed by atoms with E-state index in [1.165, 1.54) is 0 Å². The second kappa shape index (κ2) is 2.98.